The topological polar surface area (TPSA) is 55.2 Å². The van der Waals surface area contributed by atoms with Crippen LogP contribution in [0.3, 0.4) is 0 Å². The lowest BCUT2D eigenvalue weighted by Gasteiger charge is -2.08. The van der Waals surface area contributed by atoms with Crippen molar-refractivity contribution in [2.45, 2.75) is 13.0 Å². The number of fused-ring (bicyclic) bond motifs is 1. The molecular formula is C11H12N2O2. The van der Waals surface area contributed by atoms with E-state index >= 15 is 0 Å². The first-order valence-corrected chi connectivity index (χ1v) is 4.77. The lowest BCUT2D eigenvalue weighted by Crippen LogP contribution is -2.12. The Bertz CT molecular complexity index is 457. The van der Waals surface area contributed by atoms with Crippen LogP contribution >= 0.6 is 0 Å². The van der Waals surface area contributed by atoms with Crippen LogP contribution in [0.25, 0.3) is 11.0 Å². The Labute approximate surface area is 87.6 Å². The molecule has 2 aromatic rings. The van der Waals surface area contributed by atoms with Gasteiger partial charge in [0.05, 0.1) is 17.1 Å². The minimum Gasteiger partial charge on any atom is -0.491 e. The van der Waals surface area contributed by atoms with Gasteiger partial charge >= 0.3 is 0 Å². The summed E-state index contributed by atoms with van der Waals surface area (Å²) in [6.07, 6.45) is 2.82. The first-order chi connectivity index (χ1) is 7.25. The van der Waals surface area contributed by atoms with E-state index in [9.17, 15) is 0 Å². The molecule has 1 heterocycles. The summed E-state index contributed by atoms with van der Waals surface area (Å²) in [6, 6.07) is 5.48. The molecule has 0 spiro atoms. The second-order valence-electron chi connectivity index (χ2n) is 3.37. The van der Waals surface area contributed by atoms with E-state index in [1.807, 2.05) is 18.2 Å². The number of aliphatic hydroxyl groups excluding tert-OH is 1. The Morgan fingerprint density at radius 1 is 1.27 bits per heavy atom. The van der Waals surface area contributed by atoms with Gasteiger partial charge in [0, 0.05) is 18.5 Å². The minimum absolute atomic E-state index is 0.284. The molecule has 0 saturated heterocycles. The van der Waals surface area contributed by atoms with Crippen LogP contribution < -0.4 is 4.74 Å². The molecular weight excluding hydrogens is 192 g/mol. The van der Waals surface area contributed by atoms with Crippen molar-refractivity contribution < 1.29 is 9.84 Å². The van der Waals surface area contributed by atoms with E-state index in [0.717, 1.165) is 11.0 Å². The van der Waals surface area contributed by atoms with Crippen molar-refractivity contribution in [1.29, 1.82) is 0 Å². The molecule has 15 heavy (non-hydrogen) atoms. The fourth-order valence-electron chi connectivity index (χ4n) is 1.25. The highest BCUT2D eigenvalue weighted by Crippen LogP contribution is 2.17. The fourth-order valence-corrected chi connectivity index (χ4v) is 1.25. The van der Waals surface area contributed by atoms with Crippen molar-refractivity contribution in [3.05, 3.63) is 30.6 Å². The number of aromatic nitrogens is 2. The highest BCUT2D eigenvalue weighted by atomic mass is 16.5. The zero-order valence-corrected chi connectivity index (χ0v) is 8.42. The van der Waals surface area contributed by atoms with Gasteiger partial charge in [-0.3, -0.25) is 9.97 Å². The third-order valence-corrected chi connectivity index (χ3v) is 1.93. The van der Waals surface area contributed by atoms with Gasteiger partial charge in [0.15, 0.2) is 0 Å². The van der Waals surface area contributed by atoms with Gasteiger partial charge < -0.3 is 9.84 Å². The lowest BCUT2D eigenvalue weighted by atomic mass is 10.3. The van der Waals surface area contributed by atoms with E-state index in [4.69, 9.17) is 9.84 Å². The fraction of sp³-hybridized carbons (Fsp3) is 0.273. The molecule has 1 aromatic carbocycles. The average Bonchev–Trinajstić information content (AvgIpc) is 2.26. The number of rotatable bonds is 3. The van der Waals surface area contributed by atoms with Crippen LogP contribution in [0.4, 0.5) is 0 Å². The van der Waals surface area contributed by atoms with Crippen molar-refractivity contribution >= 4 is 11.0 Å². The maximum absolute atomic E-state index is 9.07. The highest BCUT2D eigenvalue weighted by molar-refractivity contribution is 5.75. The molecule has 1 atom stereocenters. The minimum atomic E-state index is -0.470. The zero-order chi connectivity index (χ0) is 10.7. The summed E-state index contributed by atoms with van der Waals surface area (Å²) >= 11 is 0. The van der Waals surface area contributed by atoms with Crippen molar-refractivity contribution in [3.63, 3.8) is 0 Å². The third-order valence-electron chi connectivity index (χ3n) is 1.93. The van der Waals surface area contributed by atoms with Crippen LogP contribution in [0.15, 0.2) is 30.6 Å². The largest absolute Gasteiger partial charge is 0.491 e. The molecule has 78 valence electrons. The van der Waals surface area contributed by atoms with Gasteiger partial charge in [-0.15, -0.1) is 0 Å². The standard InChI is InChI=1S/C11H12N2O2/c1-8(14)7-15-9-2-3-10-11(6-9)13-5-4-12-10/h2-6,8,14H,7H2,1H3. The van der Waals surface area contributed by atoms with Crippen molar-refractivity contribution in [2.75, 3.05) is 6.61 Å². The van der Waals surface area contributed by atoms with Gasteiger partial charge in [0.1, 0.15) is 12.4 Å². The summed E-state index contributed by atoms with van der Waals surface area (Å²) in [7, 11) is 0. The molecule has 0 bridgehead atoms. The summed E-state index contributed by atoms with van der Waals surface area (Å²) in [6.45, 7) is 1.96. The summed E-state index contributed by atoms with van der Waals surface area (Å²) in [5, 5.41) is 9.07. The van der Waals surface area contributed by atoms with Crippen molar-refractivity contribution in [2.24, 2.45) is 0 Å². The quantitative estimate of drug-likeness (QED) is 0.820. The highest BCUT2D eigenvalue weighted by Gasteiger charge is 2.00. The lowest BCUT2D eigenvalue weighted by molar-refractivity contribution is 0.123. The molecule has 0 radical (unpaired) electrons. The van der Waals surface area contributed by atoms with E-state index in [0.29, 0.717) is 5.75 Å². The molecule has 0 aliphatic heterocycles. The van der Waals surface area contributed by atoms with E-state index in [2.05, 4.69) is 9.97 Å². The predicted octanol–water partition coefficient (Wildman–Crippen LogP) is 1.39. The first kappa shape index (κ1) is 9.86. The number of benzene rings is 1. The van der Waals surface area contributed by atoms with Crippen LogP contribution in [0, 0.1) is 0 Å². The van der Waals surface area contributed by atoms with Gasteiger partial charge in [-0.2, -0.15) is 0 Å². The monoisotopic (exact) mass is 204 g/mol. The third kappa shape index (κ3) is 2.41. The van der Waals surface area contributed by atoms with E-state index < -0.39 is 6.10 Å². The maximum Gasteiger partial charge on any atom is 0.121 e. The first-order valence-electron chi connectivity index (χ1n) is 4.77. The SMILES string of the molecule is CC(O)COc1ccc2nccnc2c1. The Hall–Kier alpha value is -1.68. The summed E-state index contributed by atoms with van der Waals surface area (Å²) in [5.41, 5.74) is 1.63. The van der Waals surface area contributed by atoms with Crippen LogP contribution in [0.5, 0.6) is 5.75 Å². The summed E-state index contributed by atoms with van der Waals surface area (Å²) in [5.74, 6) is 0.698. The van der Waals surface area contributed by atoms with Crippen molar-refractivity contribution in [1.82, 2.24) is 9.97 Å². The number of hydrogen-bond acceptors (Lipinski definition) is 4. The Balaban J connectivity index is 2.23. The van der Waals surface area contributed by atoms with E-state index in [1.165, 1.54) is 0 Å². The van der Waals surface area contributed by atoms with Crippen LogP contribution in [-0.4, -0.2) is 27.8 Å². The number of aliphatic hydroxyl groups is 1. The normalized spacial score (nSPS) is 12.7. The molecule has 0 amide bonds. The molecule has 1 aromatic heterocycles. The van der Waals surface area contributed by atoms with Gasteiger partial charge in [-0.1, -0.05) is 0 Å². The number of ether oxygens (including phenoxy) is 1. The Morgan fingerprint density at radius 3 is 2.73 bits per heavy atom. The van der Waals surface area contributed by atoms with Gasteiger partial charge in [0.2, 0.25) is 0 Å². The smallest absolute Gasteiger partial charge is 0.121 e. The van der Waals surface area contributed by atoms with Crippen molar-refractivity contribution in [3.8, 4) is 5.75 Å². The van der Waals surface area contributed by atoms with Crippen LogP contribution in [-0.2, 0) is 0 Å². The molecule has 1 unspecified atom stereocenters. The van der Waals surface area contributed by atoms with Crippen LogP contribution in [0.1, 0.15) is 6.92 Å². The molecule has 4 nitrogen and oxygen atoms in total. The Morgan fingerprint density at radius 2 is 2.00 bits per heavy atom. The molecule has 0 aliphatic carbocycles. The second-order valence-corrected chi connectivity index (χ2v) is 3.37. The summed E-state index contributed by atoms with van der Waals surface area (Å²) in [4.78, 5) is 8.31. The van der Waals surface area contributed by atoms with E-state index in [-0.39, 0.29) is 6.61 Å². The average molecular weight is 204 g/mol. The summed E-state index contributed by atoms with van der Waals surface area (Å²) < 4.78 is 5.36. The number of nitrogens with zero attached hydrogens (tertiary/aromatic N) is 2. The molecule has 0 fully saturated rings. The molecule has 0 aliphatic rings. The van der Waals surface area contributed by atoms with E-state index in [1.54, 1.807) is 19.3 Å². The van der Waals surface area contributed by atoms with Crippen LogP contribution in [0.2, 0.25) is 0 Å². The number of hydrogen-bond donors (Lipinski definition) is 1. The zero-order valence-electron chi connectivity index (χ0n) is 8.42. The van der Waals surface area contributed by atoms with Gasteiger partial charge in [-0.05, 0) is 19.1 Å². The second kappa shape index (κ2) is 4.23. The molecule has 2 rings (SSSR count). The Kier molecular flexibility index (Phi) is 2.78. The van der Waals surface area contributed by atoms with Gasteiger partial charge in [0.25, 0.3) is 0 Å². The molecule has 0 saturated carbocycles. The predicted molar refractivity (Wildman–Crippen MR) is 56.7 cm³/mol. The van der Waals surface area contributed by atoms with Gasteiger partial charge in [-0.25, -0.2) is 0 Å². The maximum atomic E-state index is 9.07. The molecule has 4 heteroatoms. The molecule has 1 N–H and O–H groups in total.